The molecule has 1 aliphatic rings. The molecule has 0 saturated heterocycles. The summed E-state index contributed by atoms with van der Waals surface area (Å²) in [4.78, 5) is 20.2. The average Bonchev–Trinajstić information content (AvgIpc) is 3.22. The molecule has 4 nitrogen and oxygen atoms in total. The number of nitriles is 1. The minimum atomic E-state index is -0.242. The third-order valence-electron chi connectivity index (χ3n) is 4.72. The molecule has 0 N–H and O–H groups in total. The summed E-state index contributed by atoms with van der Waals surface area (Å²) in [6.45, 7) is 2.42. The summed E-state index contributed by atoms with van der Waals surface area (Å²) in [6.07, 6.45) is 3.93. The number of rotatable bonds is 5. The maximum absolute atomic E-state index is 13.3. The van der Waals surface area contributed by atoms with Gasteiger partial charge in [-0.3, -0.25) is 9.36 Å². The molecule has 1 aliphatic carbocycles. The van der Waals surface area contributed by atoms with Crippen molar-refractivity contribution in [2.45, 2.75) is 49.6 Å². The molecule has 132 valence electrons. The Morgan fingerprint density at radius 3 is 2.92 bits per heavy atom. The summed E-state index contributed by atoms with van der Waals surface area (Å²) in [5, 5.41) is 10.4. The molecule has 4 rings (SSSR count). The van der Waals surface area contributed by atoms with E-state index in [2.05, 4.69) is 18.2 Å². The fourth-order valence-electron chi connectivity index (χ4n) is 3.42. The van der Waals surface area contributed by atoms with Gasteiger partial charge in [0.1, 0.15) is 4.83 Å². The summed E-state index contributed by atoms with van der Waals surface area (Å²) in [6, 6.07) is 12.4. The SMILES string of the molecule is C[C@@H](C#N)Sc1nc2sc3c(c2c(=O)n1CCc1ccccc1)CCC3. The first-order chi connectivity index (χ1) is 12.7. The van der Waals surface area contributed by atoms with E-state index in [-0.39, 0.29) is 10.8 Å². The number of benzene rings is 1. The highest BCUT2D eigenvalue weighted by molar-refractivity contribution is 8.00. The molecule has 0 amide bonds. The second kappa shape index (κ2) is 7.26. The highest BCUT2D eigenvalue weighted by Gasteiger charge is 2.23. The summed E-state index contributed by atoms with van der Waals surface area (Å²) in [5.41, 5.74) is 2.46. The van der Waals surface area contributed by atoms with Crippen LogP contribution in [0, 0.1) is 11.3 Å². The molecular weight excluding hydrogens is 362 g/mol. The van der Waals surface area contributed by atoms with Crippen LogP contribution in [0.15, 0.2) is 40.3 Å². The third-order valence-corrected chi connectivity index (χ3v) is 6.89. The van der Waals surface area contributed by atoms with Crippen molar-refractivity contribution in [3.8, 4) is 6.07 Å². The lowest BCUT2D eigenvalue weighted by molar-refractivity contribution is 0.595. The normalized spacial score (nSPS) is 14.3. The zero-order valence-corrected chi connectivity index (χ0v) is 16.2. The van der Waals surface area contributed by atoms with Crippen LogP contribution >= 0.6 is 23.1 Å². The highest BCUT2D eigenvalue weighted by Crippen LogP contribution is 2.36. The monoisotopic (exact) mass is 381 g/mol. The van der Waals surface area contributed by atoms with E-state index in [0.29, 0.717) is 11.7 Å². The van der Waals surface area contributed by atoms with Crippen LogP contribution in [0.25, 0.3) is 10.2 Å². The first-order valence-corrected chi connectivity index (χ1v) is 10.5. The molecule has 6 heteroatoms. The fourth-order valence-corrected chi connectivity index (χ4v) is 5.54. The van der Waals surface area contributed by atoms with Crippen molar-refractivity contribution in [2.24, 2.45) is 0 Å². The predicted octanol–water partition coefficient (Wildman–Crippen LogP) is 4.19. The van der Waals surface area contributed by atoms with Gasteiger partial charge in [-0.1, -0.05) is 42.1 Å². The second-order valence-corrected chi connectivity index (χ2v) is 8.91. The zero-order chi connectivity index (χ0) is 18.1. The van der Waals surface area contributed by atoms with Gasteiger partial charge in [0.25, 0.3) is 5.56 Å². The predicted molar refractivity (Wildman–Crippen MR) is 107 cm³/mol. The molecule has 0 aliphatic heterocycles. The minimum Gasteiger partial charge on any atom is -0.287 e. The summed E-state index contributed by atoms with van der Waals surface area (Å²) in [5.74, 6) is 0. The van der Waals surface area contributed by atoms with E-state index < -0.39 is 0 Å². The van der Waals surface area contributed by atoms with Crippen LogP contribution in [0.4, 0.5) is 0 Å². The first kappa shape index (κ1) is 17.3. The van der Waals surface area contributed by atoms with Gasteiger partial charge in [-0.2, -0.15) is 5.26 Å². The van der Waals surface area contributed by atoms with Gasteiger partial charge < -0.3 is 0 Å². The second-order valence-electron chi connectivity index (χ2n) is 6.51. The van der Waals surface area contributed by atoms with E-state index >= 15 is 0 Å². The molecule has 3 aromatic rings. The number of nitrogens with zero attached hydrogens (tertiary/aromatic N) is 3. The zero-order valence-electron chi connectivity index (χ0n) is 14.6. The fraction of sp³-hybridized carbons (Fsp3) is 0.350. The number of hydrogen-bond acceptors (Lipinski definition) is 5. The van der Waals surface area contributed by atoms with Crippen molar-refractivity contribution >= 4 is 33.3 Å². The van der Waals surface area contributed by atoms with Gasteiger partial charge in [-0.05, 0) is 43.7 Å². The molecule has 2 heterocycles. The Balaban J connectivity index is 1.79. The summed E-state index contributed by atoms with van der Waals surface area (Å²) >= 11 is 3.02. The quantitative estimate of drug-likeness (QED) is 0.491. The summed E-state index contributed by atoms with van der Waals surface area (Å²) < 4.78 is 1.78. The van der Waals surface area contributed by atoms with Crippen molar-refractivity contribution in [3.05, 3.63) is 56.7 Å². The van der Waals surface area contributed by atoms with Crippen molar-refractivity contribution in [1.29, 1.82) is 5.26 Å². The van der Waals surface area contributed by atoms with Gasteiger partial charge >= 0.3 is 0 Å². The van der Waals surface area contributed by atoms with E-state index in [9.17, 15) is 10.1 Å². The lowest BCUT2D eigenvalue weighted by Crippen LogP contribution is -2.25. The number of aryl methyl sites for hydroxylation is 3. The van der Waals surface area contributed by atoms with Crippen LogP contribution in [0.3, 0.4) is 0 Å². The van der Waals surface area contributed by atoms with Crippen LogP contribution in [0.2, 0.25) is 0 Å². The van der Waals surface area contributed by atoms with Crippen molar-refractivity contribution in [2.75, 3.05) is 0 Å². The number of thiophene rings is 1. The van der Waals surface area contributed by atoms with Gasteiger partial charge in [0, 0.05) is 11.4 Å². The third kappa shape index (κ3) is 3.17. The van der Waals surface area contributed by atoms with Gasteiger partial charge in [-0.25, -0.2) is 4.98 Å². The molecule has 0 unspecified atom stereocenters. The van der Waals surface area contributed by atoms with Gasteiger partial charge in [0.2, 0.25) is 0 Å². The van der Waals surface area contributed by atoms with Crippen LogP contribution < -0.4 is 5.56 Å². The van der Waals surface area contributed by atoms with Crippen molar-refractivity contribution < 1.29 is 0 Å². The lowest BCUT2D eigenvalue weighted by Gasteiger charge is -2.13. The van der Waals surface area contributed by atoms with E-state index in [1.165, 1.54) is 27.8 Å². The summed E-state index contributed by atoms with van der Waals surface area (Å²) in [7, 11) is 0. The molecule has 0 fully saturated rings. The van der Waals surface area contributed by atoms with E-state index in [4.69, 9.17) is 4.98 Å². The van der Waals surface area contributed by atoms with E-state index in [1.807, 2.05) is 25.1 Å². The molecule has 26 heavy (non-hydrogen) atoms. The number of hydrogen-bond donors (Lipinski definition) is 0. The first-order valence-electron chi connectivity index (χ1n) is 8.82. The van der Waals surface area contributed by atoms with E-state index in [1.54, 1.807) is 15.9 Å². The maximum atomic E-state index is 13.3. The van der Waals surface area contributed by atoms with Crippen molar-refractivity contribution in [1.82, 2.24) is 9.55 Å². The lowest BCUT2D eigenvalue weighted by atomic mass is 10.1. The molecule has 0 saturated carbocycles. The molecule has 1 aromatic carbocycles. The van der Waals surface area contributed by atoms with E-state index in [0.717, 1.165) is 35.9 Å². The Labute approximate surface area is 160 Å². The number of thioether (sulfide) groups is 1. The standard InChI is InChI=1S/C20H19N3OS2/c1-13(12-21)25-20-22-18-17(15-8-5-9-16(15)26-18)19(24)23(20)11-10-14-6-3-2-4-7-14/h2-4,6-7,13H,5,8-11H2,1H3/t13-/m0/s1. The molecular formula is C20H19N3OS2. The number of aromatic nitrogens is 2. The Morgan fingerprint density at radius 1 is 1.35 bits per heavy atom. The van der Waals surface area contributed by atoms with Crippen LogP contribution in [0.5, 0.6) is 0 Å². The molecule has 1 atom stereocenters. The Kier molecular flexibility index (Phi) is 4.84. The van der Waals surface area contributed by atoms with Crippen LogP contribution in [-0.2, 0) is 25.8 Å². The molecule has 0 radical (unpaired) electrons. The Morgan fingerprint density at radius 2 is 2.15 bits per heavy atom. The van der Waals surface area contributed by atoms with Crippen molar-refractivity contribution in [3.63, 3.8) is 0 Å². The topological polar surface area (TPSA) is 58.7 Å². The molecule has 0 bridgehead atoms. The maximum Gasteiger partial charge on any atom is 0.263 e. The highest BCUT2D eigenvalue weighted by atomic mass is 32.2. The average molecular weight is 382 g/mol. The van der Waals surface area contributed by atoms with Gasteiger partial charge in [0.15, 0.2) is 5.16 Å². The smallest absolute Gasteiger partial charge is 0.263 e. The van der Waals surface area contributed by atoms with Gasteiger partial charge in [0.05, 0.1) is 16.7 Å². The van der Waals surface area contributed by atoms with Gasteiger partial charge in [-0.15, -0.1) is 11.3 Å². The van der Waals surface area contributed by atoms with Crippen LogP contribution in [0.1, 0.15) is 29.3 Å². The largest absolute Gasteiger partial charge is 0.287 e. The Bertz CT molecular complexity index is 1050. The number of fused-ring (bicyclic) bond motifs is 3. The molecule has 2 aromatic heterocycles. The minimum absolute atomic E-state index is 0.0537. The molecule has 0 spiro atoms. The van der Waals surface area contributed by atoms with Crippen LogP contribution in [-0.4, -0.2) is 14.8 Å². The Hall–Kier alpha value is -2.10.